The van der Waals surface area contributed by atoms with Crippen LogP contribution in [-0.2, 0) is 42.6 Å². The summed E-state index contributed by atoms with van der Waals surface area (Å²) in [6.07, 6.45) is 9.72. The Bertz CT molecular complexity index is 1450. The molecule has 38 heavy (non-hydrogen) atoms. The molecule has 0 amide bonds. The maximum Gasteiger partial charge on any atom is 0.146 e. The highest BCUT2D eigenvalue weighted by molar-refractivity contribution is 7.11. The summed E-state index contributed by atoms with van der Waals surface area (Å²) in [6.45, 7) is 3.53. The summed E-state index contributed by atoms with van der Waals surface area (Å²) in [4.78, 5) is 9.58. The first-order valence-corrected chi connectivity index (χ1v) is 14.0. The van der Waals surface area contributed by atoms with Crippen LogP contribution in [0.3, 0.4) is 0 Å². The van der Waals surface area contributed by atoms with E-state index in [4.69, 9.17) is 9.84 Å². The highest BCUT2D eigenvalue weighted by Crippen LogP contribution is 2.38. The second-order valence-corrected chi connectivity index (χ2v) is 11.7. The first-order valence-electron chi connectivity index (χ1n) is 13.2. The number of aliphatic hydroxyl groups is 1. The number of hydrogen-bond acceptors (Lipinski definition) is 7. The summed E-state index contributed by atoms with van der Waals surface area (Å²) < 4.78 is 7.47. The van der Waals surface area contributed by atoms with E-state index in [-0.39, 0.29) is 6.61 Å². The standard InChI is InChI=1S/C30H32N4O3S/c1-30(2,36)28-31-17-25(38-28)26(32-29(35)37-18-19-8-4-3-5-9-19)24-14-15-34(33-24)27-22-12-6-10-20(22)16-21-11-7-13-23(21)27/h3-5,8-9,14-17,26,36H,6-7,10-13,18H2,1-2H3,(H,32,35)/p-1. The van der Waals surface area contributed by atoms with E-state index in [9.17, 15) is 10.2 Å². The van der Waals surface area contributed by atoms with Crippen molar-refractivity contribution in [3.63, 3.8) is 0 Å². The molecule has 0 aliphatic heterocycles. The number of aryl methyl sites for hydroxylation is 2. The van der Waals surface area contributed by atoms with Gasteiger partial charge in [-0.3, -0.25) is 4.99 Å². The van der Waals surface area contributed by atoms with Gasteiger partial charge in [0.15, 0.2) is 0 Å². The molecule has 4 aromatic rings. The lowest BCUT2D eigenvalue weighted by Gasteiger charge is -2.18. The Kier molecular flexibility index (Phi) is 6.53. The van der Waals surface area contributed by atoms with Crippen molar-refractivity contribution in [1.82, 2.24) is 14.8 Å². The third kappa shape index (κ3) is 4.86. The van der Waals surface area contributed by atoms with Crippen LogP contribution in [0.2, 0.25) is 0 Å². The molecule has 0 saturated carbocycles. The van der Waals surface area contributed by atoms with Crippen molar-refractivity contribution in [2.45, 2.75) is 70.6 Å². The zero-order valence-corrected chi connectivity index (χ0v) is 22.5. The highest BCUT2D eigenvalue weighted by atomic mass is 32.1. The lowest BCUT2D eigenvalue weighted by molar-refractivity contribution is -0.252. The Hall–Kier alpha value is -3.49. The minimum absolute atomic E-state index is 0.143. The fourth-order valence-electron chi connectivity index (χ4n) is 5.50. The summed E-state index contributed by atoms with van der Waals surface area (Å²) >= 11 is 1.33. The van der Waals surface area contributed by atoms with Gasteiger partial charge in [-0.2, -0.15) is 5.10 Å². The first-order chi connectivity index (χ1) is 18.4. The summed E-state index contributed by atoms with van der Waals surface area (Å²) in [6, 6.07) is 13.2. The number of fused-ring (bicyclic) bond motifs is 2. The van der Waals surface area contributed by atoms with Crippen molar-refractivity contribution in [3.05, 3.63) is 98.3 Å². The summed E-state index contributed by atoms with van der Waals surface area (Å²) in [5.74, 6) is 0. The molecule has 0 spiro atoms. The van der Waals surface area contributed by atoms with E-state index in [1.54, 1.807) is 20.0 Å². The fourth-order valence-corrected chi connectivity index (χ4v) is 6.47. The van der Waals surface area contributed by atoms with E-state index in [1.165, 1.54) is 52.1 Å². The Morgan fingerprint density at radius 1 is 1.11 bits per heavy atom. The molecule has 2 heterocycles. The third-order valence-electron chi connectivity index (χ3n) is 7.32. The van der Waals surface area contributed by atoms with Gasteiger partial charge in [0.05, 0.1) is 16.3 Å². The summed E-state index contributed by atoms with van der Waals surface area (Å²) in [5, 5.41) is 28.9. The lowest BCUT2D eigenvalue weighted by Crippen LogP contribution is -2.22. The molecule has 8 heteroatoms. The molecule has 2 aliphatic rings. The molecule has 7 nitrogen and oxygen atoms in total. The smallest absolute Gasteiger partial charge is 0.146 e. The quantitative estimate of drug-likeness (QED) is 0.281. The monoisotopic (exact) mass is 527 g/mol. The van der Waals surface area contributed by atoms with E-state index >= 15 is 0 Å². The van der Waals surface area contributed by atoms with Crippen LogP contribution in [-0.4, -0.2) is 26.0 Å². The van der Waals surface area contributed by atoms with Gasteiger partial charge in [0.1, 0.15) is 22.7 Å². The van der Waals surface area contributed by atoms with Crippen LogP contribution in [0.5, 0.6) is 0 Å². The second-order valence-electron chi connectivity index (χ2n) is 10.6. The molecule has 2 aromatic carbocycles. The molecule has 2 aromatic heterocycles. The van der Waals surface area contributed by atoms with Crippen LogP contribution in [0.4, 0.5) is 0 Å². The molecule has 0 saturated heterocycles. The molecule has 0 radical (unpaired) electrons. The number of hydrogen-bond donors (Lipinski definition) is 1. The van der Waals surface area contributed by atoms with Crippen LogP contribution in [0.25, 0.3) is 5.69 Å². The summed E-state index contributed by atoms with van der Waals surface area (Å²) in [7, 11) is 0. The van der Waals surface area contributed by atoms with Crippen molar-refractivity contribution in [2.24, 2.45) is 4.99 Å². The van der Waals surface area contributed by atoms with Crippen LogP contribution >= 0.6 is 11.3 Å². The van der Waals surface area contributed by atoms with Crippen molar-refractivity contribution >= 4 is 17.4 Å². The minimum atomic E-state index is -1.09. The Balaban J connectivity index is 1.37. The topological polar surface area (TPSA) is 95.6 Å². The SMILES string of the molecule is CC(C)(O)c1ncc(C(N=C([O-])OCc2ccccc2)c2ccn(-c3c4c(cc5c3CCC5)CCC4)n2)s1. The van der Waals surface area contributed by atoms with Gasteiger partial charge in [-0.05, 0) is 86.3 Å². The predicted molar refractivity (Wildman–Crippen MR) is 145 cm³/mol. The van der Waals surface area contributed by atoms with Gasteiger partial charge in [0.2, 0.25) is 0 Å². The van der Waals surface area contributed by atoms with Crippen LogP contribution in [0.1, 0.15) is 76.1 Å². The molecule has 0 fully saturated rings. The van der Waals surface area contributed by atoms with E-state index in [2.05, 4.69) is 16.0 Å². The summed E-state index contributed by atoms with van der Waals surface area (Å²) in [5.41, 5.74) is 7.36. The van der Waals surface area contributed by atoms with E-state index in [1.807, 2.05) is 47.3 Å². The number of aromatic nitrogens is 3. The second kappa shape index (κ2) is 10.0. The molecule has 1 atom stereocenters. The van der Waals surface area contributed by atoms with Gasteiger partial charge >= 0.3 is 0 Å². The lowest BCUT2D eigenvalue weighted by atomic mass is 9.99. The van der Waals surface area contributed by atoms with Gasteiger partial charge in [0.25, 0.3) is 0 Å². The molecular formula is C30H31N4O3S-. The van der Waals surface area contributed by atoms with E-state index < -0.39 is 17.7 Å². The number of aliphatic imine (C=N–C) groups is 1. The minimum Gasteiger partial charge on any atom is -0.596 e. The maximum absolute atomic E-state index is 12.9. The van der Waals surface area contributed by atoms with E-state index in [0.29, 0.717) is 10.7 Å². The van der Waals surface area contributed by atoms with Crippen molar-refractivity contribution in [2.75, 3.05) is 0 Å². The molecule has 196 valence electrons. The van der Waals surface area contributed by atoms with Gasteiger partial charge < -0.3 is 14.9 Å². The zero-order chi connectivity index (χ0) is 26.3. The molecular weight excluding hydrogens is 496 g/mol. The Morgan fingerprint density at radius 2 is 1.82 bits per heavy atom. The van der Waals surface area contributed by atoms with Crippen molar-refractivity contribution < 1.29 is 14.9 Å². The Labute approximate surface area is 226 Å². The fraction of sp³-hybridized carbons (Fsp3) is 0.367. The van der Waals surface area contributed by atoms with Gasteiger partial charge in [-0.25, -0.2) is 9.67 Å². The average molecular weight is 528 g/mol. The van der Waals surface area contributed by atoms with E-state index in [0.717, 1.165) is 36.1 Å². The number of ether oxygens (including phenoxy) is 1. The normalized spacial score (nSPS) is 15.9. The molecule has 2 aliphatic carbocycles. The highest BCUT2D eigenvalue weighted by Gasteiger charge is 2.28. The molecule has 1 unspecified atom stereocenters. The first kappa shape index (κ1) is 24.8. The predicted octanol–water partition coefficient (Wildman–Crippen LogP) is 4.56. The van der Waals surface area contributed by atoms with Crippen LogP contribution in [0, 0.1) is 0 Å². The maximum atomic E-state index is 12.9. The number of rotatable bonds is 7. The van der Waals surface area contributed by atoms with Crippen molar-refractivity contribution in [3.8, 4) is 5.69 Å². The van der Waals surface area contributed by atoms with Gasteiger partial charge in [-0.1, -0.05) is 36.4 Å². The zero-order valence-electron chi connectivity index (χ0n) is 21.7. The van der Waals surface area contributed by atoms with Crippen LogP contribution < -0.4 is 5.11 Å². The number of benzene rings is 2. The van der Waals surface area contributed by atoms with Gasteiger partial charge in [-0.15, -0.1) is 11.3 Å². The average Bonchev–Trinajstić information content (AvgIpc) is 3.71. The molecule has 0 bridgehead atoms. The molecule has 1 N–H and O–H groups in total. The third-order valence-corrected chi connectivity index (χ3v) is 8.68. The number of nitrogens with zero attached hydrogens (tertiary/aromatic N) is 4. The van der Waals surface area contributed by atoms with Crippen molar-refractivity contribution in [1.29, 1.82) is 0 Å². The largest absolute Gasteiger partial charge is 0.596 e. The molecule has 6 rings (SSSR count). The Morgan fingerprint density at radius 3 is 2.47 bits per heavy atom. The van der Waals surface area contributed by atoms with Gasteiger partial charge in [0, 0.05) is 19.0 Å². The van der Waals surface area contributed by atoms with Crippen LogP contribution in [0.15, 0.2) is 59.9 Å². The number of thiazole rings is 1.